The zero-order valence-electron chi connectivity index (χ0n) is 19.7. The van der Waals surface area contributed by atoms with Gasteiger partial charge in [-0.05, 0) is 48.4 Å². The van der Waals surface area contributed by atoms with Crippen molar-refractivity contribution >= 4 is 28.4 Å². The number of hydrogen-bond donors (Lipinski definition) is 1. The summed E-state index contributed by atoms with van der Waals surface area (Å²) in [4.78, 5) is 32.1. The van der Waals surface area contributed by atoms with Crippen molar-refractivity contribution in [1.82, 2.24) is 15.1 Å². The van der Waals surface area contributed by atoms with Gasteiger partial charge in [-0.2, -0.15) is 0 Å². The molecule has 5 rings (SSSR count). The molecule has 0 saturated carbocycles. The maximum atomic E-state index is 13.4. The van der Waals surface area contributed by atoms with E-state index in [1.807, 2.05) is 67.6 Å². The highest BCUT2D eigenvalue weighted by Gasteiger charge is 2.49. The number of urea groups is 1. The van der Waals surface area contributed by atoms with Crippen molar-refractivity contribution in [3.05, 3.63) is 72.3 Å². The topological polar surface area (TPSA) is 65.1 Å². The lowest BCUT2D eigenvalue weighted by molar-refractivity contribution is -0.132. The van der Waals surface area contributed by atoms with E-state index in [0.717, 1.165) is 54.0 Å². The summed E-state index contributed by atoms with van der Waals surface area (Å²) in [5.41, 5.74) is 0.812. The van der Waals surface area contributed by atoms with Gasteiger partial charge in [0.1, 0.15) is 11.3 Å². The Kier molecular flexibility index (Phi) is 5.87. The number of anilines is 1. The number of nitrogens with zero attached hydrogens (tertiary/aromatic N) is 3. The van der Waals surface area contributed by atoms with E-state index in [0.29, 0.717) is 6.61 Å². The lowest BCUT2D eigenvalue weighted by Gasteiger charge is -2.37. The standard InChI is InChI=1S/C27H30N4O3/c1-3-34-24-11-7-6-10-23(24)30-16-14-29(15-17-30)19-31-25(32)27(2,28-26(31)33)22-13-12-20-8-4-5-9-21(20)18-22/h4-13,18H,3,14-17,19H2,1-2H3,(H,28,33)/t27-/m0/s1. The summed E-state index contributed by atoms with van der Waals surface area (Å²) in [7, 11) is 0. The van der Waals surface area contributed by atoms with Crippen LogP contribution in [0.2, 0.25) is 0 Å². The van der Waals surface area contributed by atoms with Crippen LogP contribution in [0.5, 0.6) is 5.75 Å². The van der Waals surface area contributed by atoms with Crippen molar-refractivity contribution in [1.29, 1.82) is 0 Å². The van der Waals surface area contributed by atoms with Gasteiger partial charge < -0.3 is 15.0 Å². The highest BCUT2D eigenvalue weighted by atomic mass is 16.5. The number of fused-ring (bicyclic) bond motifs is 1. The fraction of sp³-hybridized carbons (Fsp3) is 0.333. The third kappa shape index (κ3) is 3.96. The van der Waals surface area contributed by atoms with Gasteiger partial charge in [0.2, 0.25) is 0 Å². The molecule has 176 valence electrons. The van der Waals surface area contributed by atoms with E-state index in [1.165, 1.54) is 4.90 Å². The van der Waals surface area contributed by atoms with Gasteiger partial charge in [-0.25, -0.2) is 9.69 Å². The zero-order valence-corrected chi connectivity index (χ0v) is 19.7. The molecule has 34 heavy (non-hydrogen) atoms. The number of amides is 3. The van der Waals surface area contributed by atoms with Gasteiger partial charge in [0.05, 0.1) is 19.0 Å². The molecule has 7 nitrogen and oxygen atoms in total. The summed E-state index contributed by atoms with van der Waals surface area (Å²) in [6.45, 7) is 7.80. The van der Waals surface area contributed by atoms with E-state index in [-0.39, 0.29) is 18.6 Å². The minimum atomic E-state index is -1.07. The van der Waals surface area contributed by atoms with E-state index >= 15 is 0 Å². The summed E-state index contributed by atoms with van der Waals surface area (Å²) in [5, 5.41) is 5.09. The van der Waals surface area contributed by atoms with Crippen LogP contribution in [0.1, 0.15) is 19.4 Å². The van der Waals surface area contributed by atoms with E-state index in [1.54, 1.807) is 6.92 Å². The SMILES string of the molecule is CCOc1ccccc1N1CCN(CN2C(=O)N[C@@](C)(c3ccc4ccccc4c3)C2=O)CC1. The van der Waals surface area contributed by atoms with Gasteiger partial charge >= 0.3 is 6.03 Å². The molecule has 3 aromatic carbocycles. The van der Waals surface area contributed by atoms with Crippen LogP contribution in [0.15, 0.2) is 66.7 Å². The average molecular weight is 459 g/mol. The van der Waals surface area contributed by atoms with E-state index in [9.17, 15) is 9.59 Å². The summed E-state index contributed by atoms with van der Waals surface area (Å²) in [6.07, 6.45) is 0. The number of imide groups is 1. The number of hydrogen-bond acceptors (Lipinski definition) is 5. The van der Waals surface area contributed by atoms with Gasteiger partial charge in [-0.3, -0.25) is 9.69 Å². The number of nitrogens with one attached hydrogen (secondary N) is 1. The lowest BCUT2D eigenvalue weighted by Crippen LogP contribution is -2.51. The smallest absolute Gasteiger partial charge is 0.326 e. The number of carbonyl (C=O) groups excluding carboxylic acids is 2. The molecule has 0 aromatic heterocycles. The normalized spacial score (nSPS) is 21.2. The van der Waals surface area contributed by atoms with Gasteiger partial charge in [0.25, 0.3) is 5.91 Å². The number of benzene rings is 3. The second-order valence-electron chi connectivity index (χ2n) is 9.00. The molecule has 0 bridgehead atoms. The Morgan fingerprint density at radius 3 is 2.38 bits per heavy atom. The van der Waals surface area contributed by atoms with Crippen LogP contribution in [-0.4, -0.2) is 61.2 Å². The first-order valence-electron chi connectivity index (χ1n) is 11.8. The third-order valence-corrected chi connectivity index (χ3v) is 6.82. The number of carbonyl (C=O) groups is 2. The highest BCUT2D eigenvalue weighted by molar-refractivity contribution is 6.07. The molecule has 2 aliphatic rings. The van der Waals surface area contributed by atoms with Gasteiger partial charge in [-0.15, -0.1) is 0 Å². The Bertz CT molecular complexity index is 1220. The van der Waals surface area contributed by atoms with Crippen LogP contribution in [-0.2, 0) is 10.3 Å². The van der Waals surface area contributed by atoms with Gasteiger partial charge in [0.15, 0.2) is 0 Å². The Hall–Kier alpha value is -3.58. The molecule has 2 aliphatic heterocycles. The number of rotatable bonds is 6. The average Bonchev–Trinajstić information content (AvgIpc) is 3.08. The molecular weight excluding hydrogens is 428 g/mol. The number of para-hydroxylation sites is 2. The van der Waals surface area contributed by atoms with Crippen molar-refractivity contribution in [2.24, 2.45) is 0 Å². The molecule has 2 fully saturated rings. The second-order valence-corrected chi connectivity index (χ2v) is 9.00. The molecule has 0 radical (unpaired) electrons. The van der Waals surface area contributed by atoms with Crippen molar-refractivity contribution in [2.75, 3.05) is 44.4 Å². The first-order chi connectivity index (χ1) is 16.5. The van der Waals surface area contributed by atoms with Gasteiger partial charge in [-0.1, -0.05) is 48.5 Å². The molecular formula is C27H30N4O3. The third-order valence-electron chi connectivity index (χ3n) is 6.82. The minimum absolute atomic E-state index is 0.211. The van der Waals surface area contributed by atoms with Crippen molar-refractivity contribution in [3.8, 4) is 5.75 Å². The largest absolute Gasteiger partial charge is 0.492 e. The molecule has 0 spiro atoms. The number of ether oxygens (including phenoxy) is 1. The van der Waals surface area contributed by atoms with Crippen molar-refractivity contribution in [2.45, 2.75) is 19.4 Å². The predicted molar refractivity (Wildman–Crippen MR) is 133 cm³/mol. The first-order valence-corrected chi connectivity index (χ1v) is 11.8. The van der Waals surface area contributed by atoms with Crippen LogP contribution >= 0.6 is 0 Å². The Morgan fingerprint density at radius 1 is 0.912 bits per heavy atom. The summed E-state index contributed by atoms with van der Waals surface area (Å²) in [6, 6.07) is 21.7. The fourth-order valence-corrected chi connectivity index (χ4v) is 4.85. The van der Waals surface area contributed by atoms with Crippen LogP contribution in [0.25, 0.3) is 10.8 Å². The molecule has 3 aromatic rings. The van der Waals surface area contributed by atoms with Crippen LogP contribution in [0.4, 0.5) is 10.5 Å². The molecule has 0 aliphatic carbocycles. The quantitative estimate of drug-likeness (QED) is 0.570. The molecule has 0 unspecified atom stereocenters. The zero-order chi connectivity index (χ0) is 23.7. The van der Waals surface area contributed by atoms with Crippen molar-refractivity contribution in [3.63, 3.8) is 0 Å². The molecule has 2 saturated heterocycles. The van der Waals surface area contributed by atoms with Crippen LogP contribution in [0.3, 0.4) is 0 Å². The fourth-order valence-electron chi connectivity index (χ4n) is 4.85. The Balaban J connectivity index is 1.27. The lowest BCUT2D eigenvalue weighted by atomic mass is 9.90. The maximum Gasteiger partial charge on any atom is 0.326 e. The van der Waals surface area contributed by atoms with E-state index in [2.05, 4.69) is 21.2 Å². The second kappa shape index (κ2) is 8.99. The van der Waals surface area contributed by atoms with Gasteiger partial charge in [0, 0.05) is 26.2 Å². The Morgan fingerprint density at radius 2 is 1.62 bits per heavy atom. The molecule has 7 heteroatoms. The summed E-state index contributed by atoms with van der Waals surface area (Å²) in [5.74, 6) is 0.676. The summed E-state index contributed by atoms with van der Waals surface area (Å²) >= 11 is 0. The number of piperazine rings is 1. The van der Waals surface area contributed by atoms with Crippen LogP contribution < -0.4 is 15.0 Å². The minimum Gasteiger partial charge on any atom is -0.492 e. The predicted octanol–water partition coefficient (Wildman–Crippen LogP) is 3.79. The monoisotopic (exact) mass is 458 g/mol. The molecule has 2 heterocycles. The molecule has 1 N–H and O–H groups in total. The molecule has 3 amide bonds. The molecule has 1 atom stereocenters. The highest BCUT2D eigenvalue weighted by Crippen LogP contribution is 2.32. The van der Waals surface area contributed by atoms with E-state index in [4.69, 9.17) is 4.74 Å². The van der Waals surface area contributed by atoms with Crippen molar-refractivity contribution < 1.29 is 14.3 Å². The summed E-state index contributed by atoms with van der Waals surface area (Å²) < 4.78 is 5.78. The Labute approximate surface area is 199 Å². The maximum absolute atomic E-state index is 13.4. The van der Waals surface area contributed by atoms with E-state index < -0.39 is 5.54 Å². The first kappa shape index (κ1) is 22.2. The van der Waals surface area contributed by atoms with Crippen LogP contribution in [0, 0.1) is 0 Å².